The normalized spacial score (nSPS) is 11.3. The van der Waals surface area contributed by atoms with Gasteiger partial charge >= 0.3 is 6.18 Å². The molecular formula is C13H11F4N3O. The van der Waals surface area contributed by atoms with Crippen molar-refractivity contribution < 1.29 is 22.3 Å². The Morgan fingerprint density at radius 2 is 1.86 bits per heavy atom. The number of alkyl halides is 3. The van der Waals surface area contributed by atoms with Crippen LogP contribution in [0.5, 0.6) is 5.75 Å². The summed E-state index contributed by atoms with van der Waals surface area (Å²) in [6.45, 7) is 0. The van der Waals surface area contributed by atoms with Gasteiger partial charge in [-0.05, 0) is 24.3 Å². The molecule has 0 aliphatic rings. The van der Waals surface area contributed by atoms with Gasteiger partial charge in [0, 0.05) is 12.6 Å². The van der Waals surface area contributed by atoms with Crippen LogP contribution in [0.4, 0.5) is 23.5 Å². The van der Waals surface area contributed by atoms with Gasteiger partial charge in [0.2, 0.25) is 5.95 Å². The minimum Gasteiger partial charge on any atom is -0.494 e. The Balaban J connectivity index is 2.55. The highest BCUT2D eigenvalue weighted by Crippen LogP contribution is 2.32. The molecule has 4 nitrogen and oxygen atoms in total. The van der Waals surface area contributed by atoms with Crippen LogP contribution in [0, 0.1) is 5.82 Å². The molecule has 1 heterocycles. The van der Waals surface area contributed by atoms with Gasteiger partial charge in [0.1, 0.15) is 0 Å². The van der Waals surface area contributed by atoms with E-state index in [4.69, 9.17) is 4.74 Å². The molecule has 0 atom stereocenters. The Morgan fingerprint density at radius 1 is 1.14 bits per heavy atom. The van der Waals surface area contributed by atoms with Crippen LogP contribution in [-0.4, -0.2) is 24.1 Å². The first-order chi connectivity index (χ1) is 9.85. The molecule has 1 N–H and O–H groups in total. The first kappa shape index (κ1) is 15.0. The van der Waals surface area contributed by atoms with Crippen LogP contribution < -0.4 is 10.1 Å². The zero-order valence-corrected chi connectivity index (χ0v) is 11.1. The van der Waals surface area contributed by atoms with Crippen molar-refractivity contribution in [3.8, 4) is 17.0 Å². The maximum atomic E-state index is 13.6. The van der Waals surface area contributed by atoms with E-state index in [1.807, 2.05) is 0 Å². The van der Waals surface area contributed by atoms with Gasteiger partial charge in [-0.25, -0.2) is 14.4 Å². The minimum absolute atomic E-state index is 0.00214. The van der Waals surface area contributed by atoms with Crippen LogP contribution in [0.1, 0.15) is 5.69 Å². The van der Waals surface area contributed by atoms with Crippen molar-refractivity contribution >= 4 is 5.95 Å². The fourth-order valence-electron chi connectivity index (χ4n) is 1.68. The molecule has 0 saturated heterocycles. The summed E-state index contributed by atoms with van der Waals surface area (Å²) in [4.78, 5) is 7.24. The second-order valence-corrected chi connectivity index (χ2v) is 4.06. The molecule has 21 heavy (non-hydrogen) atoms. The van der Waals surface area contributed by atoms with E-state index in [1.165, 1.54) is 26.3 Å². The summed E-state index contributed by atoms with van der Waals surface area (Å²) in [5.74, 6) is -0.887. The molecule has 112 valence electrons. The van der Waals surface area contributed by atoms with E-state index in [9.17, 15) is 17.6 Å². The van der Waals surface area contributed by atoms with Crippen molar-refractivity contribution in [2.75, 3.05) is 19.5 Å². The van der Waals surface area contributed by atoms with Gasteiger partial charge in [0.05, 0.1) is 12.8 Å². The van der Waals surface area contributed by atoms with E-state index in [-0.39, 0.29) is 23.0 Å². The number of hydrogen-bond acceptors (Lipinski definition) is 4. The molecule has 0 fully saturated rings. The Morgan fingerprint density at radius 3 is 2.38 bits per heavy atom. The molecule has 0 amide bonds. The molecule has 0 spiro atoms. The van der Waals surface area contributed by atoms with Crippen LogP contribution in [0.3, 0.4) is 0 Å². The summed E-state index contributed by atoms with van der Waals surface area (Å²) in [5.41, 5.74) is -0.950. The Bertz CT molecular complexity index is 658. The van der Waals surface area contributed by atoms with Gasteiger partial charge in [-0.15, -0.1) is 0 Å². The van der Waals surface area contributed by atoms with Crippen molar-refractivity contribution in [3.63, 3.8) is 0 Å². The number of nitrogens with zero attached hydrogens (tertiary/aromatic N) is 2. The van der Waals surface area contributed by atoms with Crippen LogP contribution >= 0.6 is 0 Å². The molecule has 8 heteroatoms. The molecule has 0 bridgehead atoms. The number of aromatic nitrogens is 2. The number of anilines is 1. The topological polar surface area (TPSA) is 47.0 Å². The van der Waals surface area contributed by atoms with Crippen LogP contribution in [0.25, 0.3) is 11.3 Å². The van der Waals surface area contributed by atoms with Crippen molar-refractivity contribution in [2.24, 2.45) is 0 Å². The van der Waals surface area contributed by atoms with Crippen LogP contribution in [0.15, 0.2) is 24.3 Å². The van der Waals surface area contributed by atoms with Crippen molar-refractivity contribution in [2.45, 2.75) is 6.18 Å². The van der Waals surface area contributed by atoms with E-state index in [1.54, 1.807) is 0 Å². The third-order valence-electron chi connectivity index (χ3n) is 2.69. The average Bonchev–Trinajstić information content (AvgIpc) is 2.45. The molecule has 0 unspecified atom stereocenters. The monoisotopic (exact) mass is 301 g/mol. The molecule has 0 aliphatic heterocycles. The van der Waals surface area contributed by atoms with E-state index >= 15 is 0 Å². The minimum atomic E-state index is -4.62. The molecule has 2 rings (SSSR count). The lowest BCUT2D eigenvalue weighted by molar-refractivity contribution is -0.141. The highest BCUT2D eigenvalue weighted by molar-refractivity contribution is 5.62. The highest BCUT2D eigenvalue weighted by atomic mass is 19.4. The second-order valence-electron chi connectivity index (χ2n) is 4.06. The fourth-order valence-corrected chi connectivity index (χ4v) is 1.68. The summed E-state index contributed by atoms with van der Waals surface area (Å²) in [6, 6.07) is 4.56. The zero-order valence-electron chi connectivity index (χ0n) is 11.1. The average molecular weight is 301 g/mol. The Hall–Kier alpha value is -2.38. The maximum absolute atomic E-state index is 13.6. The number of halogens is 4. The fraction of sp³-hybridized carbons (Fsp3) is 0.231. The smallest absolute Gasteiger partial charge is 0.433 e. The number of ether oxygens (including phenoxy) is 1. The Kier molecular flexibility index (Phi) is 3.97. The zero-order chi connectivity index (χ0) is 15.6. The molecule has 0 saturated carbocycles. The van der Waals surface area contributed by atoms with Gasteiger partial charge in [0.25, 0.3) is 0 Å². The largest absolute Gasteiger partial charge is 0.494 e. The van der Waals surface area contributed by atoms with Crippen LogP contribution in [-0.2, 0) is 6.18 Å². The first-order valence-corrected chi connectivity index (χ1v) is 5.83. The lowest BCUT2D eigenvalue weighted by Crippen LogP contribution is -2.11. The summed E-state index contributed by atoms with van der Waals surface area (Å²) >= 11 is 0. The van der Waals surface area contributed by atoms with Gasteiger partial charge in [-0.1, -0.05) is 0 Å². The number of nitrogens with one attached hydrogen (secondary N) is 1. The van der Waals surface area contributed by atoms with E-state index in [2.05, 4.69) is 15.3 Å². The lowest BCUT2D eigenvalue weighted by atomic mass is 10.1. The molecule has 0 aliphatic carbocycles. The van der Waals surface area contributed by atoms with Crippen molar-refractivity contribution in [3.05, 3.63) is 35.8 Å². The number of hydrogen-bond donors (Lipinski definition) is 1. The third-order valence-corrected chi connectivity index (χ3v) is 2.69. The predicted molar refractivity (Wildman–Crippen MR) is 68.5 cm³/mol. The summed E-state index contributed by atoms with van der Waals surface area (Å²) in [7, 11) is 2.69. The van der Waals surface area contributed by atoms with Gasteiger partial charge < -0.3 is 10.1 Å². The maximum Gasteiger partial charge on any atom is 0.433 e. The SMILES string of the molecule is CNc1nc(-c2ccc(OC)c(F)c2)cc(C(F)(F)F)n1. The van der Waals surface area contributed by atoms with Gasteiger partial charge in [-0.3, -0.25) is 0 Å². The molecule has 1 aromatic heterocycles. The standard InChI is InChI=1S/C13H11F4N3O/c1-18-12-19-9(6-11(20-12)13(15,16)17)7-3-4-10(21-2)8(14)5-7/h3-6H,1-2H3,(H,18,19,20). The van der Waals surface area contributed by atoms with Crippen molar-refractivity contribution in [1.82, 2.24) is 9.97 Å². The third kappa shape index (κ3) is 3.21. The summed E-state index contributed by atoms with van der Waals surface area (Å²) in [6.07, 6.45) is -4.62. The highest BCUT2D eigenvalue weighted by Gasteiger charge is 2.33. The summed E-state index contributed by atoms with van der Waals surface area (Å²) < 4.78 is 56.8. The second kappa shape index (κ2) is 5.55. The van der Waals surface area contributed by atoms with E-state index in [0.717, 1.165) is 12.1 Å². The quantitative estimate of drug-likeness (QED) is 0.883. The van der Waals surface area contributed by atoms with Crippen LogP contribution in [0.2, 0.25) is 0 Å². The van der Waals surface area contributed by atoms with Gasteiger partial charge in [0.15, 0.2) is 17.3 Å². The van der Waals surface area contributed by atoms with E-state index in [0.29, 0.717) is 0 Å². The lowest BCUT2D eigenvalue weighted by Gasteiger charge is -2.11. The Labute approximate surface area is 117 Å². The number of rotatable bonds is 3. The molecular weight excluding hydrogens is 290 g/mol. The first-order valence-electron chi connectivity index (χ1n) is 5.83. The molecule has 0 radical (unpaired) electrons. The number of methoxy groups -OCH3 is 1. The summed E-state index contributed by atoms with van der Waals surface area (Å²) in [5, 5.41) is 2.45. The predicted octanol–water partition coefficient (Wildman–Crippen LogP) is 3.35. The van der Waals surface area contributed by atoms with Crippen molar-refractivity contribution in [1.29, 1.82) is 0 Å². The molecule has 2 aromatic rings. The molecule has 1 aromatic carbocycles. The van der Waals surface area contributed by atoms with E-state index < -0.39 is 17.7 Å². The van der Waals surface area contributed by atoms with Gasteiger partial charge in [-0.2, -0.15) is 13.2 Å². The number of benzene rings is 1.